The van der Waals surface area contributed by atoms with Gasteiger partial charge >= 0.3 is 0 Å². The van der Waals surface area contributed by atoms with E-state index < -0.39 is 0 Å². The standard InChI is InChI=1S/C17H15FN2O/c18-15-8-12(10-19)7-13(9-15)11-20-16-4-2-1-3-14(16)5-6-17(20)21/h1-9H,10-11,19H2. The number of halogens is 1. The average molecular weight is 282 g/mol. The van der Waals surface area contributed by atoms with Crippen LogP contribution in [0.2, 0.25) is 0 Å². The molecule has 21 heavy (non-hydrogen) atoms. The molecule has 0 saturated carbocycles. The van der Waals surface area contributed by atoms with Gasteiger partial charge in [-0.15, -0.1) is 0 Å². The average Bonchev–Trinajstić information content (AvgIpc) is 2.49. The fourth-order valence-electron chi connectivity index (χ4n) is 2.52. The minimum atomic E-state index is -0.332. The molecule has 4 heteroatoms. The predicted octanol–water partition coefficient (Wildman–Crippen LogP) is 2.65. The van der Waals surface area contributed by atoms with Crippen molar-refractivity contribution >= 4 is 10.9 Å². The summed E-state index contributed by atoms with van der Waals surface area (Å²) in [7, 11) is 0. The molecule has 3 nitrogen and oxygen atoms in total. The van der Waals surface area contributed by atoms with Gasteiger partial charge in [0, 0.05) is 12.6 Å². The van der Waals surface area contributed by atoms with E-state index in [1.54, 1.807) is 10.6 Å². The summed E-state index contributed by atoms with van der Waals surface area (Å²) < 4.78 is 15.2. The molecule has 1 heterocycles. The second-order valence-corrected chi connectivity index (χ2v) is 4.99. The Morgan fingerprint density at radius 1 is 1.00 bits per heavy atom. The molecular weight excluding hydrogens is 267 g/mol. The highest BCUT2D eigenvalue weighted by Gasteiger charge is 2.06. The number of pyridine rings is 1. The van der Waals surface area contributed by atoms with Gasteiger partial charge in [0.25, 0.3) is 5.56 Å². The van der Waals surface area contributed by atoms with E-state index in [1.165, 1.54) is 18.2 Å². The van der Waals surface area contributed by atoms with Crippen LogP contribution in [0.1, 0.15) is 11.1 Å². The van der Waals surface area contributed by atoms with Crippen molar-refractivity contribution in [2.24, 2.45) is 5.73 Å². The zero-order valence-corrected chi connectivity index (χ0v) is 11.4. The molecule has 1 aromatic heterocycles. The molecule has 0 aliphatic rings. The third kappa shape index (κ3) is 2.71. The van der Waals surface area contributed by atoms with Crippen LogP contribution in [0.15, 0.2) is 59.4 Å². The molecule has 0 atom stereocenters. The number of nitrogens with zero attached hydrogens (tertiary/aromatic N) is 1. The zero-order valence-electron chi connectivity index (χ0n) is 11.4. The van der Waals surface area contributed by atoms with Crippen LogP contribution in [0.4, 0.5) is 4.39 Å². The number of hydrogen-bond acceptors (Lipinski definition) is 2. The van der Waals surface area contributed by atoms with Gasteiger partial charge in [-0.1, -0.05) is 24.3 Å². The molecule has 3 aromatic rings. The molecule has 3 rings (SSSR count). The fraction of sp³-hybridized carbons (Fsp3) is 0.118. The number of benzene rings is 2. The van der Waals surface area contributed by atoms with E-state index in [4.69, 9.17) is 5.73 Å². The topological polar surface area (TPSA) is 48.0 Å². The van der Waals surface area contributed by atoms with Crippen LogP contribution in [-0.2, 0) is 13.1 Å². The second-order valence-electron chi connectivity index (χ2n) is 4.99. The summed E-state index contributed by atoms with van der Waals surface area (Å²) in [5.74, 6) is -0.332. The van der Waals surface area contributed by atoms with Crippen LogP contribution < -0.4 is 11.3 Å². The number of nitrogens with two attached hydrogens (primary N) is 1. The summed E-state index contributed by atoms with van der Waals surface area (Å²) in [6, 6.07) is 15.7. The van der Waals surface area contributed by atoms with Crippen molar-refractivity contribution in [3.8, 4) is 0 Å². The molecule has 0 aliphatic carbocycles. The summed E-state index contributed by atoms with van der Waals surface area (Å²) in [6.07, 6.45) is 0. The van der Waals surface area contributed by atoms with Gasteiger partial charge in [-0.3, -0.25) is 4.79 Å². The molecule has 2 aromatic carbocycles. The number of aromatic nitrogens is 1. The van der Waals surface area contributed by atoms with Crippen LogP contribution in [-0.4, -0.2) is 4.57 Å². The second kappa shape index (κ2) is 5.50. The Morgan fingerprint density at radius 2 is 1.76 bits per heavy atom. The van der Waals surface area contributed by atoms with E-state index in [9.17, 15) is 9.18 Å². The molecule has 0 aliphatic heterocycles. The first-order valence-electron chi connectivity index (χ1n) is 6.74. The lowest BCUT2D eigenvalue weighted by Crippen LogP contribution is -2.20. The van der Waals surface area contributed by atoms with Gasteiger partial charge < -0.3 is 10.3 Å². The molecule has 0 saturated heterocycles. The Morgan fingerprint density at radius 3 is 2.57 bits per heavy atom. The summed E-state index contributed by atoms with van der Waals surface area (Å²) in [5.41, 5.74) is 7.75. The van der Waals surface area contributed by atoms with E-state index >= 15 is 0 Å². The third-order valence-electron chi connectivity index (χ3n) is 3.49. The van der Waals surface area contributed by atoms with Crippen LogP contribution in [0.25, 0.3) is 10.9 Å². The first-order valence-corrected chi connectivity index (χ1v) is 6.74. The molecule has 0 radical (unpaired) electrons. The van der Waals surface area contributed by atoms with Gasteiger partial charge in [-0.05, 0) is 40.8 Å². The van der Waals surface area contributed by atoms with Crippen LogP contribution in [0, 0.1) is 5.82 Å². The Bertz CT molecular complexity index is 855. The van der Waals surface area contributed by atoms with Gasteiger partial charge in [0.15, 0.2) is 0 Å². The molecular formula is C17H15FN2O. The minimum absolute atomic E-state index is 0.104. The van der Waals surface area contributed by atoms with E-state index in [-0.39, 0.29) is 17.9 Å². The van der Waals surface area contributed by atoms with Crippen molar-refractivity contribution < 1.29 is 4.39 Å². The normalized spacial score (nSPS) is 11.0. The highest BCUT2D eigenvalue weighted by atomic mass is 19.1. The highest BCUT2D eigenvalue weighted by molar-refractivity contribution is 5.78. The lowest BCUT2D eigenvalue weighted by molar-refractivity contribution is 0.621. The van der Waals surface area contributed by atoms with Crippen molar-refractivity contribution in [1.82, 2.24) is 4.57 Å². The van der Waals surface area contributed by atoms with E-state index in [1.807, 2.05) is 30.3 Å². The Kier molecular flexibility index (Phi) is 3.54. The van der Waals surface area contributed by atoms with Crippen molar-refractivity contribution in [3.63, 3.8) is 0 Å². The third-order valence-corrected chi connectivity index (χ3v) is 3.49. The largest absolute Gasteiger partial charge is 0.326 e. The Balaban J connectivity index is 2.12. The summed E-state index contributed by atoms with van der Waals surface area (Å²) in [4.78, 5) is 12.1. The first kappa shape index (κ1) is 13.5. The van der Waals surface area contributed by atoms with Gasteiger partial charge in [-0.25, -0.2) is 4.39 Å². The van der Waals surface area contributed by atoms with Crippen molar-refractivity contribution in [1.29, 1.82) is 0 Å². The first-order chi connectivity index (χ1) is 10.2. The number of fused-ring (bicyclic) bond motifs is 1. The molecule has 0 amide bonds. The van der Waals surface area contributed by atoms with E-state index in [0.717, 1.165) is 22.0 Å². The SMILES string of the molecule is NCc1cc(F)cc(Cn2c(=O)ccc3ccccc32)c1. The molecule has 106 valence electrons. The number of rotatable bonds is 3. The van der Waals surface area contributed by atoms with Crippen LogP contribution in [0.5, 0.6) is 0 Å². The Labute approximate surface area is 121 Å². The molecule has 0 bridgehead atoms. The lowest BCUT2D eigenvalue weighted by atomic mass is 10.1. The molecule has 0 spiro atoms. The van der Waals surface area contributed by atoms with Gasteiger partial charge in [0.05, 0.1) is 12.1 Å². The summed E-state index contributed by atoms with van der Waals surface area (Å²) in [5, 5.41) is 0.979. The van der Waals surface area contributed by atoms with Crippen molar-refractivity contribution in [3.05, 3.63) is 81.9 Å². The zero-order chi connectivity index (χ0) is 14.8. The number of hydrogen-bond donors (Lipinski definition) is 1. The summed E-state index contributed by atoms with van der Waals surface area (Å²) >= 11 is 0. The highest BCUT2D eigenvalue weighted by Crippen LogP contribution is 2.15. The van der Waals surface area contributed by atoms with Gasteiger partial charge in [-0.2, -0.15) is 0 Å². The molecule has 0 unspecified atom stereocenters. The summed E-state index contributed by atoms with van der Waals surface area (Å²) in [6.45, 7) is 0.597. The molecule has 0 fully saturated rings. The maximum absolute atomic E-state index is 13.6. The number of para-hydroxylation sites is 1. The van der Waals surface area contributed by atoms with Crippen LogP contribution >= 0.6 is 0 Å². The monoisotopic (exact) mass is 282 g/mol. The Hall–Kier alpha value is -2.46. The molecule has 2 N–H and O–H groups in total. The maximum atomic E-state index is 13.6. The maximum Gasteiger partial charge on any atom is 0.251 e. The van der Waals surface area contributed by atoms with E-state index in [2.05, 4.69) is 0 Å². The van der Waals surface area contributed by atoms with Crippen molar-refractivity contribution in [2.75, 3.05) is 0 Å². The predicted molar refractivity (Wildman–Crippen MR) is 81.6 cm³/mol. The van der Waals surface area contributed by atoms with Gasteiger partial charge in [0.1, 0.15) is 5.82 Å². The smallest absolute Gasteiger partial charge is 0.251 e. The quantitative estimate of drug-likeness (QED) is 0.803. The van der Waals surface area contributed by atoms with E-state index in [0.29, 0.717) is 6.54 Å². The van der Waals surface area contributed by atoms with Crippen LogP contribution in [0.3, 0.4) is 0 Å². The van der Waals surface area contributed by atoms with Gasteiger partial charge in [0.2, 0.25) is 0 Å². The lowest BCUT2D eigenvalue weighted by Gasteiger charge is -2.11. The fourth-order valence-corrected chi connectivity index (χ4v) is 2.52. The minimum Gasteiger partial charge on any atom is -0.326 e. The van der Waals surface area contributed by atoms with Crippen molar-refractivity contribution in [2.45, 2.75) is 13.1 Å².